The maximum atomic E-state index is 3.40. The Kier molecular flexibility index (Phi) is 2.36. The molecular weight excluding hydrogens is 158 g/mol. The predicted octanol–water partition coefficient (Wildman–Crippen LogP) is 2.38. The molecule has 13 heavy (non-hydrogen) atoms. The summed E-state index contributed by atoms with van der Waals surface area (Å²) < 4.78 is 0. The summed E-state index contributed by atoms with van der Waals surface area (Å²) in [5.74, 6) is 0.749. The van der Waals surface area contributed by atoms with Crippen LogP contribution in [0.15, 0.2) is 18.2 Å². The fraction of sp³-hybridized carbons (Fsp3) is 0.500. The Morgan fingerprint density at radius 1 is 1.23 bits per heavy atom. The lowest BCUT2D eigenvalue weighted by Crippen LogP contribution is -2.08. The lowest BCUT2D eigenvalue weighted by Gasteiger charge is -2.10. The average Bonchev–Trinajstić information content (AvgIpc) is 2.62. The summed E-state index contributed by atoms with van der Waals surface area (Å²) in [6.45, 7) is 6.70. The number of rotatable bonds is 1. The van der Waals surface area contributed by atoms with E-state index in [-0.39, 0.29) is 0 Å². The molecule has 0 radical (unpaired) electrons. The molecule has 0 bridgehead atoms. The molecule has 1 aliphatic rings. The molecule has 1 unspecified atom stereocenters. The first kappa shape index (κ1) is 8.76. The molecule has 1 N–H and O–H groups in total. The third-order valence-corrected chi connectivity index (χ3v) is 3.06. The lowest BCUT2D eigenvalue weighted by molar-refractivity contribution is 0.762. The maximum absolute atomic E-state index is 3.40. The summed E-state index contributed by atoms with van der Waals surface area (Å²) in [7, 11) is 0. The first-order chi connectivity index (χ1) is 6.27. The monoisotopic (exact) mass is 175 g/mol. The number of hydrogen-bond donors (Lipinski definition) is 1. The van der Waals surface area contributed by atoms with Crippen molar-refractivity contribution >= 4 is 0 Å². The van der Waals surface area contributed by atoms with E-state index in [4.69, 9.17) is 0 Å². The Morgan fingerprint density at radius 3 is 2.69 bits per heavy atom. The second-order valence-electron chi connectivity index (χ2n) is 4.03. The van der Waals surface area contributed by atoms with Gasteiger partial charge in [0, 0.05) is 6.54 Å². The van der Waals surface area contributed by atoms with Gasteiger partial charge in [-0.05, 0) is 49.4 Å². The van der Waals surface area contributed by atoms with Crippen LogP contribution in [-0.2, 0) is 0 Å². The van der Waals surface area contributed by atoms with E-state index in [1.165, 1.54) is 29.7 Å². The third kappa shape index (κ3) is 1.75. The first-order valence-electron chi connectivity index (χ1n) is 5.05. The van der Waals surface area contributed by atoms with Crippen molar-refractivity contribution in [1.29, 1.82) is 0 Å². The van der Waals surface area contributed by atoms with Crippen molar-refractivity contribution in [2.45, 2.75) is 26.2 Å². The third-order valence-electron chi connectivity index (χ3n) is 3.06. The molecule has 1 atom stereocenters. The van der Waals surface area contributed by atoms with Gasteiger partial charge in [-0.3, -0.25) is 0 Å². The zero-order valence-electron chi connectivity index (χ0n) is 8.43. The zero-order chi connectivity index (χ0) is 9.26. The summed E-state index contributed by atoms with van der Waals surface area (Å²) in [5, 5.41) is 3.40. The van der Waals surface area contributed by atoms with Gasteiger partial charge in [0.15, 0.2) is 0 Å². The SMILES string of the molecule is Cc1ccc(C2CCNC2)cc1C. The fourth-order valence-corrected chi connectivity index (χ4v) is 1.96. The topological polar surface area (TPSA) is 12.0 Å². The van der Waals surface area contributed by atoms with E-state index in [0.717, 1.165) is 12.5 Å². The Bertz CT molecular complexity index is 298. The van der Waals surface area contributed by atoms with E-state index in [2.05, 4.69) is 37.4 Å². The van der Waals surface area contributed by atoms with Gasteiger partial charge < -0.3 is 5.32 Å². The van der Waals surface area contributed by atoms with Gasteiger partial charge in [-0.2, -0.15) is 0 Å². The Hall–Kier alpha value is -0.820. The molecule has 1 heteroatoms. The van der Waals surface area contributed by atoms with Gasteiger partial charge >= 0.3 is 0 Å². The number of aryl methyl sites for hydroxylation is 2. The van der Waals surface area contributed by atoms with Crippen molar-refractivity contribution in [2.24, 2.45) is 0 Å². The standard InChI is InChI=1S/C12H17N/c1-9-3-4-11(7-10(9)2)12-5-6-13-8-12/h3-4,7,12-13H,5-6,8H2,1-2H3. The van der Waals surface area contributed by atoms with Crippen molar-refractivity contribution in [1.82, 2.24) is 5.32 Å². The molecule has 0 amide bonds. The van der Waals surface area contributed by atoms with Crippen LogP contribution in [0.5, 0.6) is 0 Å². The predicted molar refractivity (Wildman–Crippen MR) is 56.1 cm³/mol. The summed E-state index contributed by atoms with van der Waals surface area (Å²) in [6.07, 6.45) is 1.29. The zero-order valence-corrected chi connectivity index (χ0v) is 8.43. The van der Waals surface area contributed by atoms with E-state index in [1.54, 1.807) is 0 Å². The van der Waals surface area contributed by atoms with Crippen LogP contribution in [0.2, 0.25) is 0 Å². The molecule has 1 saturated heterocycles. The minimum absolute atomic E-state index is 0.749. The highest BCUT2D eigenvalue weighted by atomic mass is 14.9. The van der Waals surface area contributed by atoms with Gasteiger partial charge in [-0.15, -0.1) is 0 Å². The molecule has 1 aromatic rings. The van der Waals surface area contributed by atoms with Crippen molar-refractivity contribution in [3.05, 3.63) is 34.9 Å². The van der Waals surface area contributed by atoms with E-state index in [0.29, 0.717) is 0 Å². The van der Waals surface area contributed by atoms with Crippen LogP contribution in [-0.4, -0.2) is 13.1 Å². The lowest BCUT2D eigenvalue weighted by atomic mass is 9.95. The van der Waals surface area contributed by atoms with E-state index in [9.17, 15) is 0 Å². The molecule has 1 aromatic carbocycles. The van der Waals surface area contributed by atoms with Crippen LogP contribution in [0, 0.1) is 13.8 Å². The highest BCUT2D eigenvalue weighted by Crippen LogP contribution is 2.23. The molecule has 1 fully saturated rings. The smallest absolute Gasteiger partial charge is 0.00206 e. The van der Waals surface area contributed by atoms with Crippen LogP contribution in [0.1, 0.15) is 29.0 Å². The molecule has 0 spiro atoms. The number of benzene rings is 1. The first-order valence-corrected chi connectivity index (χ1v) is 5.05. The molecule has 1 heterocycles. The highest BCUT2D eigenvalue weighted by molar-refractivity contribution is 5.32. The van der Waals surface area contributed by atoms with E-state index in [1.807, 2.05) is 0 Å². The van der Waals surface area contributed by atoms with Gasteiger partial charge in [-0.1, -0.05) is 18.2 Å². The summed E-state index contributed by atoms with van der Waals surface area (Å²) in [6, 6.07) is 6.86. The second kappa shape index (κ2) is 3.51. The fourth-order valence-electron chi connectivity index (χ4n) is 1.96. The van der Waals surface area contributed by atoms with Crippen molar-refractivity contribution in [2.75, 3.05) is 13.1 Å². The molecule has 1 nitrogen and oxygen atoms in total. The Morgan fingerprint density at radius 2 is 2.08 bits per heavy atom. The highest BCUT2D eigenvalue weighted by Gasteiger charge is 2.16. The maximum Gasteiger partial charge on any atom is 0.00206 e. The van der Waals surface area contributed by atoms with Gasteiger partial charge in [0.2, 0.25) is 0 Å². The average molecular weight is 175 g/mol. The molecule has 70 valence electrons. The number of hydrogen-bond acceptors (Lipinski definition) is 1. The van der Waals surface area contributed by atoms with Crippen molar-refractivity contribution in [3.63, 3.8) is 0 Å². The normalized spacial score (nSPS) is 22.2. The summed E-state index contributed by atoms with van der Waals surface area (Å²) >= 11 is 0. The van der Waals surface area contributed by atoms with E-state index >= 15 is 0 Å². The molecule has 0 saturated carbocycles. The van der Waals surface area contributed by atoms with Crippen molar-refractivity contribution < 1.29 is 0 Å². The van der Waals surface area contributed by atoms with Gasteiger partial charge in [0.25, 0.3) is 0 Å². The Balaban J connectivity index is 2.25. The molecule has 2 rings (SSSR count). The van der Waals surface area contributed by atoms with Gasteiger partial charge in [0.1, 0.15) is 0 Å². The summed E-state index contributed by atoms with van der Waals surface area (Å²) in [4.78, 5) is 0. The van der Waals surface area contributed by atoms with E-state index < -0.39 is 0 Å². The quantitative estimate of drug-likeness (QED) is 0.691. The molecule has 0 aliphatic carbocycles. The van der Waals surface area contributed by atoms with Crippen LogP contribution in [0.4, 0.5) is 0 Å². The minimum Gasteiger partial charge on any atom is -0.316 e. The van der Waals surface area contributed by atoms with Crippen LogP contribution < -0.4 is 5.32 Å². The Labute approximate surface area is 80.2 Å². The largest absolute Gasteiger partial charge is 0.316 e. The van der Waals surface area contributed by atoms with Crippen LogP contribution in [0.25, 0.3) is 0 Å². The molecular formula is C12H17N. The van der Waals surface area contributed by atoms with Crippen molar-refractivity contribution in [3.8, 4) is 0 Å². The number of nitrogens with one attached hydrogen (secondary N) is 1. The molecule has 0 aromatic heterocycles. The second-order valence-corrected chi connectivity index (χ2v) is 4.03. The van der Waals surface area contributed by atoms with Gasteiger partial charge in [0.05, 0.1) is 0 Å². The van der Waals surface area contributed by atoms with Gasteiger partial charge in [-0.25, -0.2) is 0 Å². The van der Waals surface area contributed by atoms with Crippen LogP contribution >= 0.6 is 0 Å². The minimum atomic E-state index is 0.749. The van der Waals surface area contributed by atoms with Crippen LogP contribution in [0.3, 0.4) is 0 Å². The summed E-state index contributed by atoms with van der Waals surface area (Å²) in [5.41, 5.74) is 4.33. The molecule has 1 aliphatic heterocycles.